The van der Waals surface area contributed by atoms with Crippen LogP contribution in [0.5, 0.6) is 0 Å². The average molecular weight is 200 g/mol. The molecule has 3 N–H and O–H groups in total. The van der Waals surface area contributed by atoms with Crippen molar-refractivity contribution in [3.8, 4) is 0 Å². The third-order valence-electron chi connectivity index (χ3n) is 2.90. The van der Waals surface area contributed by atoms with Crippen LogP contribution in [0.25, 0.3) is 0 Å². The molecular formula is C10H20N2O2. The molecule has 82 valence electrons. The van der Waals surface area contributed by atoms with E-state index in [1.165, 1.54) is 25.7 Å². The van der Waals surface area contributed by atoms with Crippen molar-refractivity contribution in [2.45, 2.75) is 38.6 Å². The highest BCUT2D eigenvalue weighted by Gasteiger charge is 2.22. The molecule has 4 nitrogen and oxygen atoms in total. The van der Waals surface area contributed by atoms with Crippen LogP contribution in [-0.2, 0) is 4.74 Å². The minimum absolute atomic E-state index is 0.378. The monoisotopic (exact) mass is 200 g/mol. The lowest BCUT2D eigenvalue weighted by Crippen LogP contribution is -2.31. The third kappa shape index (κ3) is 3.96. The lowest BCUT2D eigenvalue weighted by Gasteiger charge is -2.12. The second-order valence-electron chi connectivity index (χ2n) is 3.91. The minimum Gasteiger partial charge on any atom is -0.448 e. The average Bonchev–Trinajstić information content (AvgIpc) is 2.60. The Kier molecular flexibility index (Phi) is 4.73. The van der Waals surface area contributed by atoms with Crippen LogP contribution in [0, 0.1) is 5.92 Å². The molecule has 1 saturated carbocycles. The van der Waals surface area contributed by atoms with Crippen molar-refractivity contribution in [2.24, 2.45) is 11.7 Å². The zero-order chi connectivity index (χ0) is 10.4. The Morgan fingerprint density at radius 2 is 2.36 bits per heavy atom. The smallest absolute Gasteiger partial charge is 0.404 e. The van der Waals surface area contributed by atoms with E-state index >= 15 is 0 Å². The highest BCUT2D eigenvalue weighted by atomic mass is 16.5. The summed E-state index contributed by atoms with van der Waals surface area (Å²) in [5.41, 5.74) is 4.84. The van der Waals surface area contributed by atoms with Gasteiger partial charge in [0.1, 0.15) is 6.61 Å². The van der Waals surface area contributed by atoms with E-state index < -0.39 is 6.09 Å². The Balaban J connectivity index is 2.00. The molecule has 1 aliphatic rings. The molecule has 14 heavy (non-hydrogen) atoms. The summed E-state index contributed by atoms with van der Waals surface area (Å²) in [7, 11) is 0. The van der Waals surface area contributed by atoms with E-state index in [2.05, 4.69) is 17.0 Å². The fourth-order valence-electron chi connectivity index (χ4n) is 2.05. The van der Waals surface area contributed by atoms with Gasteiger partial charge >= 0.3 is 6.09 Å². The number of carbonyl (C=O) groups excluding carboxylic acids is 1. The number of rotatable bonds is 5. The molecule has 0 aromatic rings. The molecule has 0 bridgehead atoms. The second kappa shape index (κ2) is 5.86. The van der Waals surface area contributed by atoms with Gasteiger partial charge in [0.25, 0.3) is 0 Å². The standard InChI is InChI=1S/C10H20N2O2/c1-2-8-3-4-9(7-8)12-5-6-14-10(11)13/h8-9,12H,2-7H2,1H3,(H2,11,13). The third-order valence-corrected chi connectivity index (χ3v) is 2.90. The van der Waals surface area contributed by atoms with Gasteiger partial charge in [-0.25, -0.2) is 4.79 Å². The minimum atomic E-state index is -0.690. The number of ether oxygens (including phenoxy) is 1. The Labute approximate surface area is 85.2 Å². The van der Waals surface area contributed by atoms with Crippen molar-refractivity contribution < 1.29 is 9.53 Å². The number of hydrogen-bond donors (Lipinski definition) is 2. The molecule has 0 aliphatic heterocycles. The summed E-state index contributed by atoms with van der Waals surface area (Å²) in [5.74, 6) is 0.879. The fourth-order valence-corrected chi connectivity index (χ4v) is 2.05. The van der Waals surface area contributed by atoms with E-state index in [4.69, 9.17) is 5.73 Å². The van der Waals surface area contributed by atoms with E-state index in [1.807, 2.05) is 0 Å². The maximum absolute atomic E-state index is 10.3. The Morgan fingerprint density at radius 1 is 1.57 bits per heavy atom. The van der Waals surface area contributed by atoms with E-state index in [-0.39, 0.29) is 0 Å². The van der Waals surface area contributed by atoms with E-state index in [9.17, 15) is 4.79 Å². The molecule has 0 spiro atoms. The Bertz CT molecular complexity index is 185. The highest BCUT2D eigenvalue weighted by molar-refractivity contribution is 5.64. The van der Waals surface area contributed by atoms with Crippen LogP contribution < -0.4 is 11.1 Å². The number of nitrogens with two attached hydrogens (primary N) is 1. The van der Waals surface area contributed by atoms with Gasteiger partial charge in [0.2, 0.25) is 0 Å². The highest BCUT2D eigenvalue weighted by Crippen LogP contribution is 2.27. The van der Waals surface area contributed by atoms with Crippen LogP contribution in [0.3, 0.4) is 0 Å². The van der Waals surface area contributed by atoms with Crippen molar-refractivity contribution in [1.29, 1.82) is 0 Å². The summed E-state index contributed by atoms with van der Waals surface area (Å²) >= 11 is 0. The van der Waals surface area contributed by atoms with Crippen molar-refractivity contribution in [3.63, 3.8) is 0 Å². The number of amides is 1. The predicted molar refractivity (Wildman–Crippen MR) is 55.0 cm³/mol. The fraction of sp³-hybridized carbons (Fsp3) is 0.900. The maximum Gasteiger partial charge on any atom is 0.404 e. The maximum atomic E-state index is 10.3. The van der Waals surface area contributed by atoms with Crippen LogP contribution in [0.1, 0.15) is 32.6 Å². The molecule has 1 fully saturated rings. The van der Waals surface area contributed by atoms with Crippen LogP contribution in [0.2, 0.25) is 0 Å². The molecule has 4 heteroatoms. The van der Waals surface area contributed by atoms with Crippen molar-refractivity contribution in [1.82, 2.24) is 5.32 Å². The molecule has 0 aromatic carbocycles. The van der Waals surface area contributed by atoms with E-state index in [0.29, 0.717) is 19.2 Å². The van der Waals surface area contributed by atoms with Crippen LogP contribution in [0.15, 0.2) is 0 Å². The molecular weight excluding hydrogens is 180 g/mol. The van der Waals surface area contributed by atoms with Gasteiger partial charge in [-0.3, -0.25) is 0 Å². The Morgan fingerprint density at radius 3 is 2.93 bits per heavy atom. The summed E-state index contributed by atoms with van der Waals surface area (Å²) < 4.78 is 4.63. The van der Waals surface area contributed by atoms with Gasteiger partial charge in [-0.15, -0.1) is 0 Å². The first-order chi connectivity index (χ1) is 6.72. The van der Waals surface area contributed by atoms with Crippen molar-refractivity contribution >= 4 is 6.09 Å². The number of carbonyl (C=O) groups is 1. The summed E-state index contributed by atoms with van der Waals surface area (Å²) in [6.07, 6.45) is 4.41. The Hall–Kier alpha value is -0.770. The zero-order valence-corrected chi connectivity index (χ0v) is 8.79. The van der Waals surface area contributed by atoms with E-state index in [0.717, 1.165) is 5.92 Å². The van der Waals surface area contributed by atoms with Gasteiger partial charge in [0.15, 0.2) is 0 Å². The number of primary amides is 1. The second-order valence-corrected chi connectivity index (χ2v) is 3.91. The molecule has 0 heterocycles. The van der Waals surface area contributed by atoms with Gasteiger partial charge in [0.05, 0.1) is 0 Å². The first kappa shape index (κ1) is 11.3. The summed E-state index contributed by atoms with van der Waals surface area (Å²) in [6.45, 7) is 3.33. The summed E-state index contributed by atoms with van der Waals surface area (Å²) in [6, 6.07) is 0.608. The predicted octanol–water partition coefficient (Wildman–Crippen LogP) is 1.25. The van der Waals surface area contributed by atoms with Gasteiger partial charge in [0, 0.05) is 12.6 Å². The summed E-state index contributed by atoms with van der Waals surface area (Å²) in [5, 5.41) is 3.37. The van der Waals surface area contributed by atoms with E-state index in [1.54, 1.807) is 0 Å². The lowest BCUT2D eigenvalue weighted by atomic mass is 10.1. The molecule has 1 amide bonds. The van der Waals surface area contributed by atoms with Gasteiger partial charge in [-0.1, -0.05) is 13.3 Å². The normalized spacial score (nSPS) is 26.4. The largest absolute Gasteiger partial charge is 0.448 e. The zero-order valence-electron chi connectivity index (χ0n) is 8.79. The van der Waals surface area contributed by atoms with Crippen molar-refractivity contribution in [2.75, 3.05) is 13.2 Å². The first-order valence-electron chi connectivity index (χ1n) is 5.38. The van der Waals surface area contributed by atoms with Gasteiger partial charge in [-0.2, -0.15) is 0 Å². The topological polar surface area (TPSA) is 64.3 Å². The molecule has 2 atom stereocenters. The SMILES string of the molecule is CCC1CCC(NCCOC(N)=O)C1. The molecule has 1 aliphatic carbocycles. The molecule has 0 radical (unpaired) electrons. The quantitative estimate of drug-likeness (QED) is 0.656. The number of nitrogens with one attached hydrogen (secondary N) is 1. The number of hydrogen-bond acceptors (Lipinski definition) is 3. The molecule has 1 rings (SSSR count). The molecule has 2 unspecified atom stereocenters. The van der Waals surface area contributed by atoms with Crippen LogP contribution in [-0.4, -0.2) is 25.3 Å². The van der Waals surface area contributed by atoms with Crippen LogP contribution in [0.4, 0.5) is 4.79 Å². The lowest BCUT2D eigenvalue weighted by molar-refractivity contribution is 0.156. The molecule has 0 saturated heterocycles. The van der Waals surface area contributed by atoms with Gasteiger partial charge < -0.3 is 15.8 Å². The van der Waals surface area contributed by atoms with Gasteiger partial charge in [-0.05, 0) is 25.2 Å². The van der Waals surface area contributed by atoms with Crippen LogP contribution >= 0.6 is 0 Å². The van der Waals surface area contributed by atoms with Crippen molar-refractivity contribution in [3.05, 3.63) is 0 Å². The summed E-state index contributed by atoms with van der Waals surface area (Å²) in [4.78, 5) is 10.3. The first-order valence-corrected chi connectivity index (χ1v) is 5.38. The molecule has 0 aromatic heterocycles.